The van der Waals surface area contributed by atoms with Crippen LogP contribution in [0.2, 0.25) is 0 Å². The predicted molar refractivity (Wildman–Crippen MR) is 59.7 cm³/mol. The molecule has 2 N–H and O–H groups in total. The van der Waals surface area contributed by atoms with Gasteiger partial charge in [-0.15, -0.1) is 0 Å². The minimum atomic E-state index is -0.338. The Bertz CT molecular complexity index is 561. The van der Waals surface area contributed by atoms with E-state index in [9.17, 15) is 4.79 Å². The van der Waals surface area contributed by atoms with Crippen molar-refractivity contribution in [1.82, 2.24) is 10.2 Å². The molecule has 0 atom stereocenters. The fourth-order valence-corrected chi connectivity index (χ4v) is 1.41. The van der Waals surface area contributed by atoms with Crippen LogP contribution in [0, 0.1) is 0 Å². The number of oxime groups is 1. The Hall–Kier alpha value is -2.43. The highest BCUT2D eigenvalue weighted by Gasteiger charge is 2.05. The Morgan fingerprint density at radius 1 is 1.31 bits per heavy atom. The quantitative estimate of drug-likeness (QED) is 0.449. The lowest BCUT2D eigenvalue weighted by atomic mass is 10.1. The van der Waals surface area contributed by atoms with Crippen molar-refractivity contribution >= 4 is 6.21 Å². The van der Waals surface area contributed by atoms with E-state index in [1.165, 1.54) is 12.3 Å². The van der Waals surface area contributed by atoms with Crippen LogP contribution in [0.5, 0.6) is 0 Å². The van der Waals surface area contributed by atoms with E-state index in [0.717, 1.165) is 5.56 Å². The zero-order chi connectivity index (χ0) is 11.4. The fraction of sp³-hybridized carbons (Fsp3) is 0. The second-order valence-electron chi connectivity index (χ2n) is 3.15. The van der Waals surface area contributed by atoms with Gasteiger partial charge in [0.2, 0.25) is 0 Å². The van der Waals surface area contributed by atoms with Gasteiger partial charge in [0.25, 0.3) is 5.56 Å². The van der Waals surface area contributed by atoms with Crippen molar-refractivity contribution in [2.45, 2.75) is 0 Å². The van der Waals surface area contributed by atoms with E-state index in [2.05, 4.69) is 15.4 Å². The van der Waals surface area contributed by atoms with Gasteiger partial charge in [-0.1, -0.05) is 35.5 Å². The topological polar surface area (TPSA) is 78.3 Å². The SMILES string of the molecule is O=c1cc(/C=N/O)c(-c2ccccc2)n[nH]1. The lowest BCUT2D eigenvalue weighted by molar-refractivity contribution is 0.322. The summed E-state index contributed by atoms with van der Waals surface area (Å²) in [5, 5.41) is 17.7. The molecule has 0 saturated heterocycles. The molecule has 5 nitrogen and oxygen atoms in total. The zero-order valence-corrected chi connectivity index (χ0v) is 8.29. The van der Waals surface area contributed by atoms with Crippen molar-refractivity contribution in [3.05, 3.63) is 52.3 Å². The van der Waals surface area contributed by atoms with Gasteiger partial charge in [-0.2, -0.15) is 5.10 Å². The van der Waals surface area contributed by atoms with E-state index in [1.807, 2.05) is 30.3 Å². The smallest absolute Gasteiger partial charge is 0.264 e. The first-order valence-electron chi connectivity index (χ1n) is 4.64. The summed E-state index contributed by atoms with van der Waals surface area (Å²) in [6, 6.07) is 10.7. The second-order valence-corrected chi connectivity index (χ2v) is 3.15. The molecule has 1 aromatic heterocycles. The van der Waals surface area contributed by atoms with Crippen LogP contribution in [0.3, 0.4) is 0 Å². The van der Waals surface area contributed by atoms with Gasteiger partial charge in [0.1, 0.15) is 0 Å². The number of aromatic amines is 1. The highest BCUT2D eigenvalue weighted by molar-refractivity contribution is 5.87. The highest BCUT2D eigenvalue weighted by Crippen LogP contribution is 2.17. The van der Waals surface area contributed by atoms with Crippen LogP contribution in [-0.2, 0) is 0 Å². The van der Waals surface area contributed by atoms with Crippen molar-refractivity contribution < 1.29 is 5.21 Å². The maximum absolute atomic E-state index is 11.1. The zero-order valence-electron chi connectivity index (χ0n) is 8.29. The monoisotopic (exact) mass is 215 g/mol. The Labute approximate surface area is 91.1 Å². The number of benzene rings is 1. The van der Waals surface area contributed by atoms with Crippen LogP contribution < -0.4 is 5.56 Å². The first-order valence-corrected chi connectivity index (χ1v) is 4.64. The van der Waals surface area contributed by atoms with Crippen LogP contribution in [-0.4, -0.2) is 21.6 Å². The van der Waals surface area contributed by atoms with E-state index >= 15 is 0 Å². The first kappa shape index (κ1) is 10.1. The van der Waals surface area contributed by atoms with Crippen molar-refractivity contribution in [3.63, 3.8) is 0 Å². The minimum absolute atomic E-state index is 0.338. The van der Waals surface area contributed by atoms with Gasteiger partial charge < -0.3 is 5.21 Å². The molecule has 0 unspecified atom stereocenters. The molecular weight excluding hydrogens is 206 g/mol. The van der Waals surface area contributed by atoms with Gasteiger partial charge in [0, 0.05) is 17.2 Å². The summed E-state index contributed by atoms with van der Waals surface area (Å²) in [5.74, 6) is 0. The largest absolute Gasteiger partial charge is 0.411 e. The Kier molecular flexibility index (Phi) is 2.77. The van der Waals surface area contributed by atoms with E-state index in [0.29, 0.717) is 11.3 Å². The number of hydrogen-bond donors (Lipinski definition) is 2. The number of rotatable bonds is 2. The molecule has 0 fully saturated rings. The maximum Gasteiger partial charge on any atom is 0.264 e. The molecule has 0 amide bonds. The Morgan fingerprint density at radius 2 is 2.06 bits per heavy atom. The summed E-state index contributed by atoms with van der Waals surface area (Å²) in [6.45, 7) is 0. The first-order chi connectivity index (χ1) is 7.81. The number of nitrogens with one attached hydrogen (secondary N) is 1. The summed E-state index contributed by atoms with van der Waals surface area (Å²) in [6.07, 6.45) is 1.19. The van der Waals surface area contributed by atoms with E-state index in [-0.39, 0.29) is 5.56 Å². The summed E-state index contributed by atoms with van der Waals surface area (Å²) >= 11 is 0. The van der Waals surface area contributed by atoms with Crippen molar-refractivity contribution in [2.75, 3.05) is 0 Å². The molecular formula is C11H9N3O2. The molecule has 0 bridgehead atoms. The van der Waals surface area contributed by atoms with Gasteiger partial charge in [-0.25, -0.2) is 5.10 Å². The molecule has 0 radical (unpaired) electrons. The van der Waals surface area contributed by atoms with Crippen molar-refractivity contribution in [3.8, 4) is 11.3 Å². The fourth-order valence-electron chi connectivity index (χ4n) is 1.41. The molecule has 16 heavy (non-hydrogen) atoms. The molecule has 5 heteroatoms. The van der Waals surface area contributed by atoms with Gasteiger partial charge in [-0.05, 0) is 0 Å². The van der Waals surface area contributed by atoms with E-state index in [4.69, 9.17) is 5.21 Å². The van der Waals surface area contributed by atoms with Crippen molar-refractivity contribution in [2.24, 2.45) is 5.16 Å². The molecule has 0 aliphatic rings. The van der Waals surface area contributed by atoms with Gasteiger partial charge in [-0.3, -0.25) is 4.79 Å². The van der Waals surface area contributed by atoms with Crippen LogP contribution in [0.1, 0.15) is 5.56 Å². The molecule has 0 aliphatic heterocycles. The molecule has 1 heterocycles. The van der Waals surface area contributed by atoms with Gasteiger partial charge in [0.15, 0.2) is 0 Å². The normalized spacial score (nSPS) is 10.8. The van der Waals surface area contributed by atoms with Gasteiger partial charge in [0.05, 0.1) is 11.9 Å². The molecule has 80 valence electrons. The maximum atomic E-state index is 11.1. The third-order valence-corrected chi connectivity index (χ3v) is 2.08. The predicted octanol–water partition coefficient (Wildman–Crippen LogP) is 1.24. The Balaban J connectivity index is 2.61. The summed E-state index contributed by atoms with van der Waals surface area (Å²) in [5.41, 5.74) is 1.54. The number of nitrogens with zero attached hydrogens (tertiary/aromatic N) is 2. The minimum Gasteiger partial charge on any atom is -0.411 e. The van der Waals surface area contributed by atoms with E-state index in [1.54, 1.807) is 0 Å². The average molecular weight is 215 g/mol. The number of H-pyrrole nitrogens is 1. The van der Waals surface area contributed by atoms with Gasteiger partial charge >= 0.3 is 0 Å². The molecule has 0 aliphatic carbocycles. The number of hydrogen-bond acceptors (Lipinski definition) is 4. The van der Waals surface area contributed by atoms with Crippen molar-refractivity contribution in [1.29, 1.82) is 0 Å². The summed E-state index contributed by atoms with van der Waals surface area (Å²) < 4.78 is 0. The standard InChI is InChI=1S/C11H9N3O2/c15-10-6-9(7-12-16)11(14-13-10)8-4-2-1-3-5-8/h1-7,16H,(H,13,15)/b12-7+. The van der Waals surface area contributed by atoms with Crippen LogP contribution >= 0.6 is 0 Å². The molecule has 0 saturated carbocycles. The lowest BCUT2D eigenvalue weighted by Crippen LogP contribution is -2.10. The average Bonchev–Trinajstić information content (AvgIpc) is 2.31. The van der Waals surface area contributed by atoms with Crippen LogP contribution in [0.25, 0.3) is 11.3 Å². The highest BCUT2D eigenvalue weighted by atomic mass is 16.4. The molecule has 1 aromatic carbocycles. The molecule has 2 aromatic rings. The third kappa shape index (κ3) is 1.98. The van der Waals surface area contributed by atoms with E-state index < -0.39 is 0 Å². The third-order valence-electron chi connectivity index (χ3n) is 2.08. The lowest BCUT2D eigenvalue weighted by Gasteiger charge is -2.02. The summed E-state index contributed by atoms with van der Waals surface area (Å²) in [7, 11) is 0. The molecule has 0 spiro atoms. The van der Waals surface area contributed by atoms with Crippen LogP contribution in [0.15, 0.2) is 46.3 Å². The van der Waals surface area contributed by atoms with Crippen LogP contribution in [0.4, 0.5) is 0 Å². The summed E-state index contributed by atoms with van der Waals surface area (Å²) in [4.78, 5) is 11.1. The Morgan fingerprint density at radius 3 is 2.75 bits per heavy atom. The molecule has 2 rings (SSSR count). The number of aromatic nitrogens is 2. The second kappa shape index (κ2) is 4.39.